The molecule has 0 heterocycles. The Morgan fingerprint density at radius 2 is 2.12 bits per heavy atom. The summed E-state index contributed by atoms with van der Waals surface area (Å²) in [7, 11) is 0. The van der Waals surface area contributed by atoms with E-state index in [-0.39, 0.29) is 11.3 Å². The molecule has 0 amide bonds. The van der Waals surface area contributed by atoms with E-state index in [9.17, 15) is 5.11 Å². The highest BCUT2D eigenvalue weighted by Gasteiger charge is 2.09. The summed E-state index contributed by atoms with van der Waals surface area (Å²) >= 11 is 0. The number of phenolic OH excluding ortho intramolecular Hbond substituents is 1. The van der Waals surface area contributed by atoms with Crippen molar-refractivity contribution in [3.8, 4) is 5.75 Å². The number of nitrogens with zero attached hydrogens (tertiary/aromatic N) is 1. The summed E-state index contributed by atoms with van der Waals surface area (Å²) in [5.41, 5.74) is 6.56. The van der Waals surface area contributed by atoms with Gasteiger partial charge < -0.3 is 16.2 Å². The number of guanidine groups is 1. The lowest BCUT2D eigenvalue weighted by atomic mass is 10.1. The minimum absolute atomic E-state index is 0.0909. The molecule has 1 aromatic carbocycles. The van der Waals surface area contributed by atoms with Crippen molar-refractivity contribution < 1.29 is 5.11 Å². The average molecular weight is 221 g/mol. The van der Waals surface area contributed by atoms with Gasteiger partial charge in [0.2, 0.25) is 0 Å². The van der Waals surface area contributed by atoms with Gasteiger partial charge in [-0.15, -0.1) is 0 Å². The van der Waals surface area contributed by atoms with Gasteiger partial charge in [-0.05, 0) is 38.5 Å². The second kappa shape index (κ2) is 4.88. The Labute approximate surface area is 96.2 Å². The summed E-state index contributed by atoms with van der Waals surface area (Å²) in [5, 5.41) is 12.3. The van der Waals surface area contributed by atoms with Gasteiger partial charge in [-0.2, -0.15) is 0 Å². The maximum atomic E-state index is 9.27. The van der Waals surface area contributed by atoms with E-state index in [0.29, 0.717) is 12.5 Å². The molecule has 0 aliphatic carbocycles. The maximum absolute atomic E-state index is 9.27. The molecular formula is C12H19N3O. The highest BCUT2D eigenvalue weighted by Crippen LogP contribution is 2.11. The van der Waals surface area contributed by atoms with E-state index < -0.39 is 0 Å². The Morgan fingerprint density at radius 3 is 2.69 bits per heavy atom. The minimum Gasteiger partial charge on any atom is -0.508 e. The van der Waals surface area contributed by atoms with E-state index in [1.807, 2.05) is 26.8 Å². The normalized spacial score (nSPS) is 12.6. The standard InChI is InChI=1S/C12H19N3O/c1-12(2,3)15-11(13)14-8-9-5-4-6-10(16)7-9/h4-7,16H,8H2,1-3H3,(H3,13,14,15). The van der Waals surface area contributed by atoms with Crippen molar-refractivity contribution in [3.05, 3.63) is 29.8 Å². The van der Waals surface area contributed by atoms with Gasteiger partial charge in [-0.1, -0.05) is 12.1 Å². The van der Waals surface area contributed by atoms with Crippen molar-refractivity contribution >= 4 is 5.96 Å². The first-order chi connectivity index (χ1) is 7.37. The average Bonchev–Trinajstić information content (AvgIpc) is 2.12. The smallest absolute Gasteiger partial charge is 0.189 e. The molecule has 1 aromatic rings. The molecule has 4 nitrogen and oxygen atoms in total. The molecule has 0 aliphatic heterocycles. The maximum Gasteiger partial charge on any atom is 0.189 e. The van der Waals surface area contributed by atoms with Gasteiger partial charge in [0.1, 0.15) is 5.75 Å². The summed E-state index contributed by atoms with van der Waals surface area (Å²) in [5.74, 6) is 0.658. The van der Waals surface area contributed by atoms with Crippen LogP contribution in [0.25, 0.3) is 0 Å². The van der Waals surface area contributed by atoms with Gasteiger partial charge in [-0.3, -0.25) is 0 Å². The highest BCUT2D eigenvalue weighted by atomic mass is 16.3. The van der Waals surface area contributed by atoms with Gasteiger partial charge in [0.05, 0.1) is 6.54 Å². The number of nitrogens with two attached hydrogens (primary N) is 1. The third kappa shape index (κ3) is 4.68. The van der Waals surface area contributed by atoms with Crippen LogP contribution < -0.4 is 11.1 Å². The zero-order valence-electron chi connectivity index (χ0n) is 9.99. The number of nitrogens with one attached hydrogen (secondary N) is 1. The molecule has 0 saturated carbocycles. The second-order valence-corrected chi connectivity index (χ2v) is 4.75. The SMILES string of the molecule is CC(C)(C)NC(N)=NCc1cccc(O)c1. The van der Waals surface area contributed by atoms with Crippen molar-refractivity contribution in [2.24, 2.45) is 10.7 Å². The molecule has 0 spiro atoms. The molecule has 0 radical (unpaired) electrons. The molecule has 0 unspecified atom stereocenters. The van der Waals surface area contributed by atoms with E-state index in [1.165, 1.54) is 0 Å². The quantitative estimate of drug-likeness (QED) is 0.524. The molecule has 16 heavy (non-hydrogen) atoms. The number of hydrogen-bond donors (Lipinski definition) is 3. The summed E-state index contributed by atoms with van der Waals surface area (Å²) in [4.78, 5) is 4.19. The largest absolute Gasteiger partial charge is 0.508 e. The molecule has 0 saturated heterocycles. The third-order valence-corrected chi connectivity index (χ3v) is 1.85. The molecule has 0 atom stereocenters. The van der Waals surface area contributed by atoms with E-state index in [2.05, 4.69) is 10.3 Å². The van der Waals surface area contributed by atoms with Crippen LogP contribution in [0.2, 0.25) is 0 Å². The number of hydrogen-bond acceptors (Lipinski definition) is 2. The third-order valence-electron chi connectivity index (χ3n) is 1.85. The van der Waals surface area contributed by atoms with Gasteiger partial charge in [0, 0.05) is 5.54 Å². The molecule has 4 N–H and O–H groups in total. The Hall–Kier alpha value is -1.71. The molecular weight excluding hydrogens is 202 g/mol. The number of aliphatic imine (C=N–C) groups is 1. The van der Waals surface area contributed by atoms with E-state index in [0.717, 1.165) is 5.56 Å². The highest BCUT2D eigenvalue weighted by molar-refractivity contribution is 5.78. The molecule has 0 fully saturated rings. The Balaban J connectivity index is 2.59. The van der Waals surface area contributed by atoms with Crippen LogP contribution in [0, 0.1) is 0 Å². The Bertz CT molecular complexity index is 380. The van der Waals surface area contributed by atoms with Crippen LogP contribution in [0.5, 0.6) is 5.75 Å². The van der Waals surface area contributed by atoms with Crippen molar-refractivity contribution in [2.75, 3.05) is 0 Å². The molecule has 88 valence electrons. The van der Waals surface area contributed by atoms with E-state index >= 15 is 0 Å². The second-order valence-electron chi connectivity index (χ2n) is 4.75. The number of rotatable bonds is 2. The van der Waals surface area contributed by atoms with Crippen LogP contribution in [0.1, 0.15) is 26.3 Å². The van der Waals surface area contributed by atoms with Crippen molar-refractivity contribution in [2.45, 2.75) is 32.9 Å². The lowest BCUT2D eigenvalue weighted by Crippen LogP contribution is -2.44. The Kier molecular flexibility index (Phi) is 3.77. The molecule has 1 rings (SSSR count). The zero-order chi connectivity index (χ0) is 12.2. The summed E-state index contributed by atoms with van der Waals surface area (Å²) in [6, 6.07) is 6.99. The first-order valence-corrected chi connectivity index (χ1v) is 5.23. The van der Waals surface area contributed by atoms with Crippen molar-refractivity contribution in [1.82, 2.24) is 5.32 Å². The topological polar surface area (TPSA) is 70.6 Å². The van der Waals surface area contributed by atoms with Crippen LogP contribution in [-0.2, 0) is 6.54 Å². The first-order valence-electron chi connectivity index (χ1n) is 5.23. The number of phenols is 1. The lowest BCUT2D eigenvalue weighted by molar-refractivity contribution is 0.474. The number of benzene rings is 1. The van der Waals surface area contributed by atoms with Crippen molar-refractivity contribution in [3.63, 3.8) is 0 Å². The van der Waals surface area contributed by atoms with Crippen LogP contribution in [-0.4, -0.2) is 16.6 Å². The predicted octanol–water partition coefficient (Wildman–Crippen LogP) is 1.59. The summed E-state index contributed by atoms with van der Waals surface area (Å²) in [6.45, 7) is 6.51. The fraction of sp³-hybridized carbons (Fsp3) is 0.417. The molecule has 4 heteroatoms. The zero-order valence-corrected chi connectivity index (χ0v) is 9.99. The molecule has 0 aliphatic rings. The van der Waals surface area contributed by atoms with E-state index in [1.54, 1.807) is 18.2 Å². The van der Waals surface area contributed by atoms with Gasteiger partial charge in [0.15, 0.2) is 5.96 Å². The van der Waals surface area contributed by atoms with Gasteiger partial charge >= 0.3 is 0 Å². The van der Waals surface area contributed by atoms with Crippen LogP contribution in [0.15, 0.2) is 29.3 Å². The monoisotopic (exact) mass is 221 g/mol. The minimum atomic E-state index is -0.0909. The van der Waals surface area contributed by atoms with Gasteiger partial charge in [0.25, 0.3) is 0 Å². The van der Waals surface area contributed by atoms with Crippen LogP contribution >= 0.6 is 0 Å². The van der Waals surface area contributed by atoms with E-state index in [4.69, 9.17) is 5.73 Å². The molecule has 0 aromatic heterocycles. The van der Waals surface area contributed by atoms with Crippen molar-refractivity contribution in [1.29, 1.82) is 0 Å². The Morgan fingerprint density at radius 1 is 1.44 bits per heavy atom. The fourth-order valence-corrected chi connectivity index (χ4v) is 1.26. The first kappa shape index (κ1) is 12.4. The van der Waals surface area contributed by atoms with Crippen LogP contribution in [0.4, 0.5) is 0 Å². The van der Waals surface area contributed by atoms with Crippen LogP contribution in [0.3, 0.4) is 0 Å². The van der Waals surface area contributed by atoms with Gasteiger partial charge in [-0.25, -0.2) is 4.99 Å². The number of aromatic hydroxyl groups is 1. The summed E-state index contributed by atoms with van der Waals surface area (Å²) in [6.07, 6.45) is 0. The molecule has 0 bridgehead atoms. The predicted molar refractivity (Wildman–Crippen MR) is 66.3 cm³/mol. The fourth-order valence-electron chi connectivity index (χ4n) is 1.26. The lowest BCUT2D eigenvalue weighted by Gasteiger charge is -2.20. The summed E-state index contributed by atoms with van der Waals surface area (Å²) < 4.78 is 0.